The molecule has 1 aromatic heterocycles. The Bertz CT molecular complexity index is 557. The monoisotopic (exact) mass is 255 g/mol. The van der Waals surface area contributed by atoms with Crippen LogP contribution in [-0.4, -0.2) is 9.55 Å². The second-order valence-corrected chi connectivity index (χ2v) is 5.22. The van der Waals surface area contributed by atoms with Crippen LogP contribution >= 0.6 is 0 Å². The molecule has 3 rings (SSSR count). The van der Waals surface area contributed by atoms with Crippen LogP contribution in [0, 0.1) is 0 Å². The van der Waals surface area contributed by atoms with Crippen molar-refractivity contribution in [2.75, 3.05) is 5.32 Å². The van der Waals surface area contributed by atoms with Crippen LogP contribution in [0.15, 0.2) is 30.6 Å². The van der Waals surface area contributed by atoms with Crippen LogP contribution in [0.4, 0.5) is 11.6 Å². The quantitative estimate of drug-likeness (QED) is 0.897. The smallest absolute Gasteiger partial charge is 0.207 e. The predicted octanol–water partition coefficient (Wildman–Crippen LogP) is 3.92. The summed E-state index contributed by atoms with van der Waals surface area (Å²) in [5, 5.41) is 3.52. The van der Waals surface area contributed by atoms with Gasteiger partial charge in [0.1, 0.15) is 0 Å². The summed E-state index contributed by atoms with van der Waals surface area (Å²) in [5.41, 5.74) is 4.23. The van der Waals surface area contributed by atoms with E-state index in [0.29, 0.717) is 0 Å². The number of fused-ring (bicyclic) bond motifs is 1. The molecule has 0 atom stereocenters. The highest BCUT2D eigenvalue weighted by Gasteiger charge is 2.13. The van der Waals surface area contributed by atoms with E-state index in [-0.39, 0.29) is 0 Å². The number of hydrogen-bond acceptors (Lipinski definition) is 2. The van der Waals surface area contributed by atoms with E-state index in [1.807, 2.05) is 12.4 Å². The molecule has 2 aromatic rings. The van der Waals surface area contributed by atoms with Gasteiger partial charge >= 0.3 is 0 Å². The second kappa shape index (κ2) is 5.47. The van der Waals surface area contributed by atoms with Gasteiger partial charge in [0.15, 0.2) is 0 Å². The lowest BCUT2D eigenvalue weighted by molar-refractivity contribution is 0.681. The highest BCUT2D eigenvalue weighted by molar-refractivity contribution is 5.61. The molecule has 0 bridgehead atoms. The van der Waals surface area contributed by atoms with Gasteiger partial charge in [-0.1, -0.05) is 19.1 Å². The number of anilines is 2. The molecule has 1 aromatic carbocycles. The van der Waals surface area contributed by atoms with Crippen molar-refractivity contribution in [3.05, 3.63) is 41.7 Å². The Kier molecular flexibility index (Phi) is 3.53. The first kappa shape index (κ1) is 12.3. The normalized spacial score (nSPS) is 14.2. The van der Waals surface area contributed by atoms with Gasteiger partial charge in [-0.2, -0.15) is 0 Å². The molecule has 1 aliphatic rings. The molecular formula is C16H21N3. The molecule has 0 saturated carbocycles. The number of hydrogen-bond donors (Lipinski definition) is 1. The third-order valence-electron chi connectivity index (χ3n) is 3.82. The molecule has 100 valence electrons. The fourth-order valence-corrected chi connectivity index (χ4v) is 2.87. The zero-order chi connectivity index (χ0) is 13.1. The van der Waals surface area contributed by atoms with Crippen LogP contribution in [0.5, 0.6) is 0 Å². The van der Waals surface area contributed by atoms with Crippen LogP contribution in [0.1, 0.15) is 37.3 Å². The standard InChI is InChI=1S/C16H21N3/c1-2-11-19-12-10-17-16(19)18-15-9-5-7-13-6-3-4-8-14(13)15/h5,7,9-10,12H,2-4,6,8,11H2,1H3,(H,17,18). The van der Waals surface area contributed by atoms with Gasteiger partial charge in [0, 0.05) is 24.6 Å². The zero-order valence-corrected chi connectivity index (χ0v) is 11.5. The summed E-state index contributed by atoms with van der Waals surface area (Å²) in [6.07, 6.45) is 10.1. The number of nitrogens with zero attached hydrogens (tertiary/aromatic N) is 2. The molecule has 1 heterocycles. The van der Waals surface area contributed by atoms with Gasteiger partial charge in [-0.05, 0) is 49.3 Å². The predicted molar refractivity (Wildman–Crippen MR) is 78.9 cm³/mol. The van der Waals surface area contributed by atoms with Crippen molar-refractivity contribution in [3.63, 3.8) is 0 Å². The van der Waals surface area contributed by atoms with Crippen molar-refractivity contribution in [1.82, 2.24) is 9.55 Å². The van der Waals surface area contributed by atoms with Gasteiger partial charge in [0.05, 0.1) is 0 Å². The van der Waals surface area contributed by atoms with Gasteiger partial charge in [-0.25, -0.2) is 4.98 Å². The SMILES string of the molecule is CCCn1ccnc1Nc1cccc2c1CCCC2. The minimum absolute atomic E-state index is 0.959. The Balaban J connectivity index is 1.88. The summed E-state index contributed by atoms with van der Waals surface area (Å²) in [6, 6.07) is 6.59. The van der Waals surface area contributed by atoms with Gasteiger partial charge in [0.25, 0.3) is 0 Å². The summed E-state index contributed by atoms with van der Waals surface area (Å²) in [4.78, 5) is 4.43. The highest BCUT2D eigenvalue weighted by atomic mass is 15.2. The Morgan fingerprint density at radius 3 is 3.05 bits per heavy atom. The summed E-state index contributed by atoms with van der Waals surface area (Å²) >= 11 is 0. The lowest BCUT2D eigenvalue weighted by atomic mass is 9.90. The third-order valence-corrected chi connectivity index (χ3v) is 3.82. The summed E-state index contributed by atoms with van der Waals surface area (Å²) in [7, 11) is 0. The van der Waals surface area contributed by atoms with Crippen LogP contribution in [0.25, 0.3) is 0 Å². The van der Waals surface area contributed by atoms with Crippen LogP contribution in [0.2, 0.25) is 0 Å². The van der Waals surface area contributed by atoms with E-state index in [1.165, 1.54) is 42.5 Å². The van der Waals surface area contributed by atoms with E-state index in [4.69, 9.17) is 0 Å². The first-order valence-electron chi connectivity index (χ1n) is 7.27. The number of aryl methyl sites for hydroxylation is 2. The third kappa shape index (κ3) is 2.50. The van der Waals surface area contributed by atoms with Crippen molar-refractivity contribution in [3.8, 4) is 0 Å². The number of nitrogens with one attached hydrogen (secondary N) is 1. The fourth-order valence-electron chi connectivity index (χ4n) is 2.87. The first-order valence-corrected chi connectivity index (χ1v) is 7.27. The Hall–Kier alpha value is -1.77. The van der Waals surface area contributed by atoms with Crippen LogP contribution in [-0.2, 0) is 19.4 Å². The molecule has 0 fully saturated rings. The van der Waals surface area contributed by atoms with E-state index in [9.17, 15) is 0 Å². The van der Waals surface area contributed by atoms with Gasteiger partial charge in [-0.3, -0.25) is 0 Å². The molecule has 1 aliphatic carbocycles. The van der Waals surface area contributed by atoms with E-state index < -0.39 is 0 Å². The Morgan fingerprint density at radius 2 is 2.16 bits per heavy atom. The van der Waals surface area contributed by atoms with Crippen LogP contribution in [0.3, 0.4) is 0 Å². The molecule has 19 heavy (non-hydrogen) atoms. The van der Waals surface area contributed by atoms with E-state index in [2.05, 4.69) is 40.0 Å². The lowest BCUT2D eigenvalue weighted by Crippen LogP contribution is -2.08. The largest absolute Gasteiger partial charge is 0.325 e. The minimum atomic E-state index is 0.959. The average Bonchev–Trinajstić information content (AvgIpc) is 2.87. The van der Waals surface area contributed by atoms with Crippen molar-refractivity contribution in [2.24, 2.45) is 0 Å². The Labute approximate surface area is 114 Å². The fraction of sp³-hybridized carbons (Fsp3) is 0.438. The Morgan fingerprint density at radius 1 is 1.26 bits per heavy atom. The average molecular weight is 255 g/mol. The maximum atomic E-state index is 4.43. The molecule has 0 unspecified atom stereocenters. The number of aromatic nitrogens is 2. The van der Waals surface area contributed by atoms with E-state index in [1.54, 1.807) is 0 Å². The topological polar surface area (TPSA) is 29.9 Å². The maximum Gasteiger partial charge on any atom is 0.207 e. The molecule has 1 N–H and O–H groups in total. The number of imidazole rings is 1. The lowest BCUT2D eigenvalue weighted by Gasteiger charge is -2.20. The van der Waals surface area contributed by atoms with E-state index in [0.717, 1.165) is 18.9 Å². The summed E-state index contributed by atoms with van der Waals surface area (Å²) in [5.74, 6) is 0.959. The molecule has 0 radical (unpaired) electrons. The molecular weight excluding hydrogens is 234 g/mol. The first-order chi connectivity index (χ1) is 9.38. The number of benzene rings is 1. The molecule has 0 amide bonds. The summed E-state index contributed by atoms with van der Waals surface area (Å²) < 4.78 is 2.18. The zero-order valence-electron chi connectivity index (χ0n) is 11.5. The number of rotatable bonds is 4. The van der Waals surface area contributed by atoms with Gasteiger partial charge < -0.3 is 9.88 Å². The van der Waals surface area contributed by atoms with E-state index >= 15 is 0 Å². The maximum absolute atomic E-state index is 4.43. The van der Waals surface area contributed by atoms with Crippen LogP contribution < -0.4 is 5.32 Å². The van der Waals surface area contributed by atoms with Gasteiger partial charge in [-0.15, -0.1) is 0 Å². The highest BCUT2D eigenvalue weighted by Crippen LogP contribution is 2.29. The molecule has 3 nitrogen and oxygen atoms in total. The molecule has 0 spiro atoms. The second-order valence-electron chi connectivity index (χ2n) is 5.22. The van der Waals surface area contributed by atoms with Crippen molar-refractivity contribution in [2.45, 2.75) is 45.6 Å². The molecule has 0 saturated heterocycles. The molecule has 0 aliphatic heterocycles. The minimum Gasteiger partial charge on any atom is -0.325 e. The summed E-state index contributed by atoms with van der Waals surface area (Å²) in [6.45, 7) is 3.20. The van der Waals surface area contributed by atoms with Crippen molar-refractivity contribution in [1.29, 1.82) is 0 Å². The van der Waals surface area contributed by atoms with Crippen molar-refractivity contribution < 1.29 is 0 Å². The van der Waals surface area contributed by atoms with Crippen molar-refractivity contribution >= 4 is 11.6 Å². The van der Waals surface area contributed by atoms with Gasteiger partial charge in [0.2, 0.25) is 5.95 Å². The molecule has 3 heteroatoms.